The maximum Gasteiger partial charge on any atom is 0.223 e. The molecule has 0 bridgehead atoms. The number of aromatic nitrogens is 3. The second-order valence-electron chi connectivity index (χ2n) is 6.71. The minimum Gasteiger partial charge on any atom is -0.340 e. The van der Waals surface area contributed by atoms with E-state index in [-0.39, 0.29) is 5.91 Å². The molecule has 1 aliphatic carbocycles. The van der Waals surface area contributed by atoms with Crippen LogP contribution in [0.4, 0.5) is 0 Å². The average Bonchev–Trinajstić information content (AvgIpc) is 2.97. The van der Waals surface area contributed by atoms with Gasteiger partial charge in [0.05, 0.1) is 11.7 Å². The van der Waals surface area contributed by atoms with Crippen LogP contribution >= 0.6 is 11.3 Å². The summed E-state index contributed by atoms with van der Waals surface area (Å²) in [6.45, 7) is 3.73. The zero-order chi connectivity index (χ0) is 15.8. The molecule has 2 aliphatic rings. The van der Waals surface area contributed by atoms with E-state index in [1.165, 1.54) is 23.3 Å². The molecule has 4 rings (SSSR count). The molecule has 0 radical (unpaired) electrons. The molecule has 6 heteroatoms. The lowest BCUT2D eigenvalue weighted by molar-refractivity contribution is -0.130. The van der Waals surface area contributed by atoms with Gasteiger partial charge in [-0.15, -0.1) is 16.4 Å². The number of likely N-dealkylation sites (tertiary alicyclic amines) is 1. The SMILES string of the molecule is Cc1ccsc1CCC(=O)N1CCC(n2cc(C3CC3)nn2)C1. The van der Waals surface area contributed by atoms with E-state index >= 15 is 0 Å². The fourth-order valence-electron chi connectivity index (χ4n) is 3.26. The van der Waals surface area contributed by atoms with Gasteiger partial charge in [-0.1, -0.05) is 5.21 Å². The van der Waals surface area contributed by atoms with Crippen molar-refractivity contribution in [2.24, 2.45) is 0 Å². The number of carbonyl (C=O) groups is 1. The Labute approximate surface area is 140 Å². The molecule has 0 N–H and O–H groups in total. The van der Waals surface area contributed by atoms with Crippen molar-refractivity contribution in [3.05, 3.63) is 33.8 Å². The van der Waals surface area contributed by atoms with Crippen LogP contribution in [0.1, 0.15) is 53.8 Å². The van der Waals surface area contributed by atoms with Crippen LogP contribution in [-0.4, -0.2) is 38.9 Å². The maximum absolute atomic E-state index is 12.4. The van der Waals surface area contributed by atoms with Gasteiger partial charge in [-0.2, -0.15) is 0 Å². The smallest absolute Gasteiger partial charge is 0.223 e. The molecule has 23 heavy (non-hydrogen) atoms. The first kappa shape index (κ1) is 14.9. The van der Waals surface area contributed by atoms with E-state index in [0.717, 1.165) is 31.6 Å². The Kier molecular flexibility index (Phi) is 3.93. The third-order valence-corrected chi connectivity index (χ3v) is 6.03. The van der Waals surface area contributed by atoms with Crippen LogP contribution in [0.5, 0.6) is 0 Å². The van der Waals surface area contributed by atoms with Crippen LogP contribution in [0.15, 0.2) is 17.6 Å². The van der Waals surface area contributed by atoms with Crippen molar-refractivity contribution in [1.82, 2.24) is 19.9 Å². The van der Waals surface area contributed by atoms with Crippen molar-refractivity contribution in [2.45, 2.75) is 51.0 Å². The molecule has 1 saturated heterocycles. The highest BCUT2D eigenvalue weighted by atomic mass is 32.1. The Hall–Kier alpha value is -1.69. The highest BCUT2D eigenvalue weighted by Gasteiger charge is 2.31. The van der Waals surface area contributed by atoms with E-state index in [1.54, 1.807) is 11.3 Å². The predicted molar refractivity (Wildman–Crippen MR) is 89.6 cm³/mol. The summed E-state index contributed by atoms with van der Waals surface area (Å²) in [5, 5.41) is 10.7. The van der Waals surface area contributed by atoms with Crippen molar-refractivity contribution in [3.63, 3.8) is 0 Å². The van der Waals surface area contributed by atoms with Crippen LogP contribution in [-0.2, 0) is 11.2 Å². The van der Waals surface area contributed by atoms with E-state index in [1.807, 2.05) is 9.58 Å². The normalized spacial score (nSPS) is 21.1. The van der Waals surface area contributed by atoms with Crippen LogP contribution < -0.4 is 0 Å². The van der Waals surface area contributed by atoms with Crippen molar-refractivity contribution in [2.75, 3.05) is 13.1 Å². The lowest BCUT2D eigenvalue weighted by atomic mass is 10.2. The van der Waals surface area contributed by atoms with Crippen molar-refractivity contribution in [3.8, 4) is 0 Å². The number of hydrogen-bond acceptors (Lipinski definition) is 4. The van der Waals surface area contributed by atoms with Crippen molar-refractivity contribution < 1.29 is 4.79 Å². The number of amides is 1. The summed E-state index contributed by atoms with van der Waals surface area (Å²) in [5.74, 6) is 0.903. The largest absolute Gasteiger partial charge is 0.340 e. The summed E-state index contributed by atoms with van der Waals surface area (Å²) < 4.78 is 1.98. The van der Waals surface area contributed by atoms with Gasteiger partial charge in [-0.3, -0.25) is 4.79 Å². The fourth-order valence-corrected chi connectivity index (χ4v) is 4.17. The summed E-state index contributed by atoms with van der Waals surface area (Å²) in [4.78, 5) is 15.8. The van der Waals surface area contributed by atoms with Gasteiger partial charge in [-0.05, 0) is 49.6 Å². The molecule has 2 aromatic rings. The van der Waals surface area contributed by atoms with Crippen molar-refractivity contribution in [1.29, 1.82) is 0 Å². The van der Waals surface area contributed by atoms with Crippen LogP contribution in [0.2, 0.25) is 0 Å². The first-order chi connectivity index (χ1) is 11.2. The summed E-state index contributed by atoms with van der Waals surface area (Å²) in [7, 11) is 0. The van der Waals surface area contributed by atoms with Crippen LogP contribution in [0.3, 0.4) is 0 Å². The fraction of sp³-hybridized carbons (Fsp3) is 0.588. The zero-order valence-electron chi connectivity index (χ0n) is 13.4. The minimum atomic E-state index is 0.267. The third-order valence-electron chi connectivity index (χ3n) is 4.95. The molecule has 0 aromatic carbocycles. The molecule has 122 valence electrons. The second kappa shape index (κ2) is 6.07. The Morgan fingerprint density at radius 2 is 2.26 bits per heavy atom. The van der Waals surface area contributed by atoms with Gasteiger partial charge >= 0.3 is 0 Å². The Balaban J connectivity index is 1.32. The van der Waals surface area contributed by atoms with Crippen LogP contribution in [0.25, 0.3) is 0 Å². The minimum absolute atomic E-state index is 0.267. The molecule has 3 heterocycles. The quantitative estimate of drug-likeness (QED) is 0.847. The van der Waals surface area contributed by atoms with Gasteiger partial charge in [0.2, 0.25) is 5.91 Å². The summed E-state index contributed by atoms with van der Waals surface area (Å²) >= 11 is 1.75. The molecule has 2 fully saturated rings. The topological polar surface area (TPSA) is 51.0 Å². The molecular formula is C17H22N4OS. The molecule has 1 aliphatic heterocycles. The van der Waals surface area contributed by atoms with Gasteiger partial charge in [0, 0.05) is 36.5 Å². The highest BCUT2D eigenvalue weighted by Crippen LogP contribution is 2.39. The molecule has 1 unspecified atom stereocenters. The van der Waals surface area contributed by atoms with Gasteiger partial charge < -0.3 is 4.90 Å². The second-order valence-corrected chi connectivity index (χ2v) is 7.71. The first-order valence-corrected chi connectivity index (χ1v) is 9.31. The Morgan fingerprint density at radius 1 is 1.39 bits per heavy atom. The van der Waals surface area contributed by atoms with Crippen LogP contribution in [0, 0.1) is 6.92 Å². The van der Waals surface area contributed by atoms with E-state index in [2.05, 4.69) is 34.9 Å². The van der Waals surface area contributed by atoms with Gasteiger partial charge in [0.25, 0.3) is 0 Å². The van der Waals surface area contributed by atoms with Gasteiger partial charge in [-0.25, -0.2) is 4.68 Å². The molecule has 1 saturated carbocycles. The zero-order valence-corrected chi connectivity index (χ0v) is 14.3. The Morgan fingerprint density at radius 3 is 3.00 bits per heavy atom. The van der Waals surface area contributed by atoms with Gasteiger partial charge in [0.15, 0.2) is 0 Å². The standard InChI is InChI=1S/C17H22N4OS/c1-12-7-9-23-16(12)4-5-17(22)20-8-6-14(10-20)21-11-15(18-19-21)13-2-3-13/h7,9,11,13-14H,2-6,8,10H2,1H3. The van der Waals surface area contributed by atoms with E-state index in [0.29, 0.717) is 18.4 Å². The molecule has 1 atom stereocenters. The predicted octanol–water partition coefficient (Wildman–Crippen LogP) is 2.93. The third kappa shape index (κ3) is 3.17. The first-order valence-electron chi connectivity index (χ1n) is 8.43. The van der Waals surface area contributed by atoms with Crippen molar-refractivity contribution >= 4 is 17.2 Å². The number of carbonyl (C=O) groups excluding carboxylic acids is 1. The summed E-state index contributed by atoms with van der Waals surface area (Å²) in [6.07, 6.45) is 7.03. The molecule has 0 spiro atoms. The van der Waals surface area contributed by atoms with E-state index in [4.69, 9.17) is 0 Å². The number of nitrogens with zero attached hydrogens (tertiary/aromatic N) is 4. The number of thiophene rings is 1. The van der Waals surface area contributed by atoms with E-state index < -0.39 is 0 Å². The lowest BCUT2D eigenvalue weighted by Crippen LogP contribution is -2.29. The molecule has 1 amide bonds. The molecule has 2 aromatic heterocycles. The van der Waals surface area contributed by atoms with Gasteiger partial charge in [0.1, 0.15) is 0 Å². The maximum atomic E-state index is 12.4. The number of hydrogen-bond donors (Lipinski definition) is 0. The highest BCUT2D eigenvalue weighted by molar-refractivity contribution is 7.10. The average molecular weight is 330 g/mol. The summed E-state index contributed by atoms with van der Waals surface area (Å²) in [6, 6.07) is 2.42. The number of rotatable bonds is 5. The number of aryl methyl sites for hydroxylation is 2. The Bertz CT molecular complexity index is 703. The monoisotopic (exact) mass is 330 g/mol. The van der Waals surface area contributed by atoms with E-state index in [9.17, 15) is 4.79 Å². The molecular weight excluding hydrogens is 308 g/mol. The molecule has 5 nitrogen and oxygen atoms in total. The lowest BCUT2D eigenvalue weighted by Gasteiger charge is -2.16. The summed E-state index contributed by atoms with van der Waals surface area (Å²) in [5.41, 5.74) is 2.43.